The van der Waals surface area contributed by atoms with Crippen LogP contribution in [0.25, 0.3) is 10.4 Å². The highest BCUT2D eigenvalue weighted by Crippen LogP contribution is 2.17. The summed E-state index contributed by atoms with van der Waals surface area (Å²) in [6.45, 7) is 3.58. The number of sulfonamides is 1. The number of nitrogens with one attached hydrogen (secondary N) is 1. The van der Waals surface area contributed by atoms with Gasteiger partial charge in [-0.3, -0.25) is 0 Å². The molecule has 162 valence electrons. The van der Waals surface area contributed by atoms with Gasteiger partial charge in [-0.15, -0.1) is 0 Å². The van der Waals surface area contributed by atoms with E-state index in [-0.39, 0.29) is 18.0 Å². The topological polar surface area (TPSA) is 123 Å². The maximum absolute atomic E-state index is 12.5. The molecule has 0 aliphatic rings. The van der Waals surface area contributed by atoms with E-state index >= 15 is 0 Å². The van der Waals surface area contributed by atoms with Crippen molar-refractivity contribution in [3.63, 3.8) is 0 Å². The first-order valence-corrected chi connectivity index (χ1v) is 10.9. The summed E-state index contributed by atoms with van der Waals surface area (Å²) < 4.78 is 43.9. The molecule has 0 aromatic heterocycles. The number of ether oxygens (including phenoxy) is 3. The summed E-state index contributed by atoms with van der Waals surface area (Å²) in [5, 5.41) is 3.35. The van der Waals surface area contributed by atoms with E-state index in [1.807, 2.05) is 30.3 Å². The Hall–Kier alpha value is -2.62. The monoisotopic (exact) mass is 434 g/mol. The van der Waals surface area contributed by atoms with Crippen molar-refractivity contribution in [2.24, 2.45) is 5.11 Å². The molecule has 0 fully saturated rings. The molecule has 0 spiro atoms. The molecular weight excluding hydrogens is 408 g/mol. The minimum absolute atomic E-state index is 0.155. The van der Waals surface area contributed by atoms with Gasteiger partial charge < -0.3 is 14.2 Å². The lowest BCUT2D eigenvalue weighted by molar-refractivity contribution is 0.0456. The molecule has 0 saturated carbocycles. The third-order valence-corrected chi connectivity index (χ3v) is 5.48. The smallest absolute Gasteiger partial charge is 0.240 e. The zero-order valence-corrected chi connectivity index (χ0v) is 17.6. The van der Waals surface area contributed by atoms with Crippen LogP contribution in [0, 0.1) is 0 Å². The predicted molar refractivity (Wildman–Crippen MR) is 113 cm³/mol. The summed E-state index contributed by atoms with van der Waals surface area (Å²) in [4.78, 5) is 2.78. The summed E-state index contributed by atoms with van der Waals surface area (Å²) in [7, 11) is -3.66. The van der Waals surface area contributed by atoms with Crippen molar-refractivity contribution >= 4 is 10.0 Å². The molecule has 2 aromatic rings. The minimum Gasteiger partial charge on any atom is -0.489 e. The van der Waals surface area contributed by atoms with Gasteiger partial charge in [-0.25, -0.2) is 13.1 Å². The highest BCUT2D eigenvalue weighted by atomic mass is 32.2. The first kappa shape index (κ1) is 23.7. The second-order valence-electron chi connectivity index (χ2n) is 6.41. The van der Waals surface area contributed by atoms with Gasteiger partial charge in [-0.05, 0) is 42.3 Å². The van der Waals surface area contributed by atoms with Gasteiger partial charge in [0.15, 0.2) is 0 Å². The average molecular weight is 435 g/mol. The van der Waals surface area contributed by atoms with Gasteiger partial charge in [-0.2, -0.15) is 0 Å². The van der Waals surface area contributed by atoms with Crippen LogP contribution < -0.4 is 9.46 Å². The molecule has 1 atom stereocenters. The van der Waals surface area contributed by atoms with Gasteiger partial charge in [0.25, 0.3) is 0 Å². The maximum Gasteiger partial charge on any atom is 0.240 e. The third-order valence-electron chi connectivity index (χ3n) is 3.88. The molecule has 2 aromatic carbocycles. The van der Waals surface area contributed by atoms with Crippen molar-refractivity contribution < 1.29 is 22.6 Å². The lowest BCUT2D eigenvalue weighted by Crippen LogP contribution is -2.36. The van der Waals surface area contributed by atoms with E-state index in [9.17, 15) is 8.42 Å². The lowest BCUT2D eigenvalue weighted by atomic mass is 10.2. The Kier molecular flexibility index (Phi) is 10.1. The van der Waals surface area contributed by atoms with E-state index in [2.05, 4.69) is 14.7 Å². The molecule has 0 radical (unpaired) electrons. The van der Waals surface area contributed by atoms with Gasteiger partial charge >= 0.3 is 0 Å². The molecule has 0 amide bonds. The summed E-state index contributed by atoms with van der Waals surface area (Å²) >= 11 is 0. The molecular formula is C20H26N4O5S. The van der Waals surface area contributed by atoms with Crippen molar-refractivity contribution in [3.8, 4) is 5.75 Å². The van der Waals surface area contributed by atoms with Crippen LogP contribution in [-0.4, -0.2) is 47.4 Å². The molecule has 1 N–H and O–H groups in total. The van der Waals surface area contributed by atoms with E-state index in [1.165, 1.54) is 12.1 Å². The summed E-state index contributed by atoms with van der Waals surface area (Å²) in [5.41, 5.74) is 9.17. The summed E-state index contributed by atoms with van der Waals surface area (Å²) in [5.74, 6) is 0.592. The third kappa shape index (κ3) is 8.81. The number of benzene rings is 2. The highest BCUT2D eigenvalue weighted by Gasteiger charge is 2.17. The normalized spacial score (nSPS) is 12.2. The van der Waals surface area contributed by atoms with Crippen LogP contribution in [0.3, 0.4) is 0 Å². The fourth-order valence-electron chi connectivity index (χ4n) is 2.45. The zero-order valence-electron chi connectivity index (χ0n) is 16.8. The van der Waals surface area contributed by atoms with Gasteiger partial charge in [0.2, 0.25) is 10.0 Å². The molecule has 0 aliphatic carbocycles. The predicted octanol–water partition coefficient (Wildman–Crippen LogP) is 3.28. The van der Waals surface area contributed by atoms with Gasteiger partial charge in [0, 0.05) is 17.5 Å². The molecule has 10 heteroatoms. The number of azide groups is 1. The fraction of sp³-hybridized carbons (Fsp3) is 0.400. The van der Waals surface area contributed by atoms with Crippen molar-refractivity contribution in [1.29, 1.82) is 0 Å². The van der Waals surface area contributed by atoms with Gasteiger partial charge in [0.1, 0.15) is 12.4 Å². The summed E-state index contributed by atoms with van der Waals surface area (Å²) in [6, 6.07) is 15.6. The Bertz CT molecular complexity index is 901. The molecule has 0 heterocycles. The van der Waals surface area contributed by atoms with Crippen LogP contribution in [0.5, 0.6) is 5.75 Å². The Morgan fingerprint density at radius 3 is 2.43 bits per heavy atom. The van der Waals surface area contributed by atoms with Crippen molar-refractivity contribution in [1.82, 2.24) is 4.72 Å². The minimum atomic E-state index is -3.66. The first-order valence-electron chi connectivity index (χ1n) is 9.47. The second kappa shape index (κ2) is 12.8. The van der Waals surface area contributed by atoms with Crippen LogP contribution in [0.15, 0.2) is 64.6 Å². The fourth-order valence-corrected chi connectivity index (χ4v) is 3.68. The van der Waals surface area contributed by atoms with Gasteiger partial charge in [0.05, 0.1) is 31.3 Å². The number of hydrogen-bond acceptors (Lipinski definition) is 6. The Morgan fingerprint density at radius 2 is 1.73 bits per heavy atom. The van der Waals surface area contributed by atoms with Crippen LogP contribution in [0.2, 0.25) is 0 Å². The van der Waals surface area contributed by atoms with Crippen LogP contribution in [0.1, 0.15) is 12.5 Å². The molecule has 0 saturated heterocycles. The van der Waals surface area contributed by atoms with Crippen molar-refractivity contribution in [2.75, 3.05) is 33.0 Å². The second-order valence-corrected chi connectivity index (χ2v) is 8.12. The molecule has 2 rings (SSSR count). The SMILES string of the molecule is C[C@@H](COCCOCCN=[N+]=[N-])NS(=O)(=O)c1ccc(OCc2ccccc2)cc1. The van der Waals surface area contributed by atoms with Crippen LogP contribution in [-0.2, 0) is 26.1 Å². The van der Waals surface area contributed by atoms with E-state index in [0.717, 1.165) is 5.56 Å². The molecule has 0 aliphatic heterocycles. The van der Waals surface area contributed by atoms with Gasteiger partial charge in [-0.1, -0.05) is 35.4 Å². The number of nitrogens with zero attached hydrogens (tertiary/aromatic N) is 3. The van der Waals surface area contributed by atoms with Crippen LogP contribution >= 0.6 is 0 Å². The molecule has 0 bridgehead atoms. The first-order chi connectivity index (χ1) is 14.5. The maximum atomic E-state index is 12.5. The zero-order chi connectivity index (χ0) is 21.7. The Labute approximate surface area is 176 Å². The lowest BCUT2D eigenvalue weighted by Gasteiger charge is -2.15. The highest BCUT2D eigenvalue weighted by molar-refractivity contribution is 7.89. The largest absolute Gasteiger partial charge is 0.489 e. The van der Waals surface area contributed by atoms with E-state index < -0.39 is 16.1 Å². The number of rotatable bonds is 14. The summed E-state index contributed by atoms with van der Waals surface area (Å²) in [6.07, 6.45) is 0. The number of hydrogen-bond donors (Lipinski definition) is 1. The van der Waals surface area contributed by atoms with E-state index in [1.54, 1.807) is 19.1 Å². The standard InChI is InChI=1S/C20H26N4O5S/c1-17(15-28-14-13-27-12-11-22-24-21)23-30(25,26)20-9-7-19(8-10-20)29-16-18-5-3-2-4-6-18/h2-10,17,23H,11-16H2,1H3/t17-/m0/s1. The van der Waals surface area contributed by atoms with E-state index in [0.29, 0.717) is 32.2 Å². The molecule has 0 unspecified atom stereocenters. The van der Waals surface area contributed by atoms with Crippen LogP contribution in [0.4, 0.5) is 0 Å². The van der Waals surface area contributed by atoms with E-state index in [4.69, 9.17) is 19.7 Å². The Morgan fingerprint density at radius 1 is 1.03 bits per heavy atom. The van der Waals surface area contributed by atoms with Crippen molar-refractivity contribution in [3.05, 3.63) is 70.6 Å². The Balaban J connectivity index is 1.72. The average Bonchev–Trinajstić information content (AvgIpc) is 2.75. The molecule has 9 nitrogen and oxygen atoms in total. The van der Waals surface area contributed by atoms with Crippen molar-refractivity contribution in [2.45, 2.75) is 24.5 Å². The quantitative estimate of drug-likeness (QED) is 0.212. The molecule has 30 heavy (non-hydrogen) atoms.